The lowest BCUT2D eigenvalue weighted by atomic mass is 10.2. The van der Waals surface area contributed by atoms with Gasteiger partial charge in [0.2, 0.25) is 11.8 Å². The molecule has 2 amide bonds. The number of hydrogen-bond donors (Lipinski definition) is 1. The minimum absolute atomic E-state index is 0.0417. The summed E-state index contributed by atoms with van der Waals surface area (Å²) in [6.07, 6.45) is -4.17. The topological polar surface area (TPSA) is 69.9 Å². The fourth-order valence-corrected chi connectivity index (χ4v) is 2.86. The van der Waals surface area contributed by atoms with Crippen LogP contribution in [0.4, 0.5) is 18.9 Å². The average molecular weight is 372 g/mol. The van der Waals surface area contributed by atoms with Gasteiger partial charge in [0.25, 0.3) is 0 Å². The lowest BCUT2D eigenvalue weighted by Gasteiger charge is -2.35. The van der Waals surface area contributed by atoms with E-state index in [1.165, 1.54) is 9.80 Å². The van der Waals surface area contributed by atoms with E-state index in [1.807, 2.05) is 11.0 Å². The van der Waals surface area contributed by atoms with E-state index in [2.05, 4.69) is 0 Å². The van der Waals surface area contributed by atoms with Gasteiger partial charge in [0.1, 0.15) is 0 Å². The predicted molar refractivity (Wildman–Crippen MR) is 91.5 cm³/mol. The molecule has 0 atom stereocenters. The molecular formula is C17H23F3N4O2. The summed E-state index contributed by atoms with van der Waals surface area (Å²) in [6, 6.07) is 8.92. The Bertz CT molecular complexity index is 602. The lowest BCUT2D eigenvalue weighted by molar-refractivity contribution is -0.149. The number of carbonyl (C=O) groups excluding carboxylic acids is 2. The highest BCUT2D eigenvalue weighted by Crippen LogP contribution is 2.18. The Morgan fingerprint density at radius 3 is 2.15 bits per heavy atom. The highest BCUT2D eigenvalue weighted by molar-refractivity contribution is 5.95. The first-order valence-electron chi connectivity index (χ1n) is 8.40. The number of rotatable bonds is 7. The number of primary amides is 1. The maximum absolute atomic E-state index is 12.7. The first-order valence-corrected chi connectivity index (χ1v) is 8.40. The van der Waals surface area contributed by atoms with Gasteiger partial charge in [-0.05, 0) is 12.1 Å². The molecule has 9 heteroatoms. The van der Waals surface area contributed by atoms with Crippen molar-refractivity contribution < 1.29 is 22.8 Å². The van der Waals surface area contributed by atoms with Crippen LogP contribution in [0, 0.1) is 0 Å². The summed E-state index contributed by atoms with van der Waals surface area (Å²) in [5, 5.41) is 0. The molecule has 1 fully saturated rings. The minimum Gasteiger partial charge on any atom is -0.370 e. The fraction of sp³-hybridized carbons (Fsp3) is 0.529. The number of nitrogens with two attached hydrogens (primary N) is 1. The third kappa shape index (κ3) is 6.64. The Labute approximate surface area is 150 Å². The van der Waals surface area contributed by atoms with Crippen molar-refractivity contribution in [2.45, 2.75) is 12.6 Å². The number of piperazine rings is 1. The molecule has 0 unspecified atom stereocenters. The number of nitrogens with zero attached hydrogens (tertiary/aromatic N) is 3. The van der Waals surface area contributed by atoms with Gasteiger partial charge in [0.15, 0.2) is 0 Å². The molecule has 0 saturated carbocycles. The monoisotopic (exact) mass is 372 g/mol. The molecule has 1 aromatic rings. The number of carbonyl (C=O) groups is 2. The molecule has 2 rings (SSSR count). The normalized spacial score (nSPS) is 16.4. The van der Waals surface area contributed by atoms with Crippen LogP contribution in [0.5, 0.6) is 0 Å². The molecule has 1 heterocycles. The molecule has 6 nitrogen and oxygen atoms in total. The summed E-state index contributed by atoms with van der Waals surface area (Å²) >= 11 is 0. The maximum atomic E-state index is 12.7. The summed E-state index contributed by atoms with van der Waals surface area (Å²) in [5.74, 6) is -0.707. The maximum Gasteiger partial charge on any atom is 0.401 e. The van der Waals surface area contributed by atoms with E-state index in [0.29, 0.717) is 18.8 Å². The standard InChI is InChI=1S/C17H23F3N4O2/c18-17(19,20)13-23-10-8-22(9-11-23)12-16(26)24(7-6-15(21)25)14-4-2-1-3-5-14/h1-5H,6-13H2,(H2,21,25). The second-order valence-electron chi connectivity index (χ2n) is 6.26. The van der Waals surface area contributed by atoms with Crippen molar-refractivity contribution in [2.75, 3.05) is 50.7 Å². The Kier molecular flexibility index (Phi) is 6.98. The van der Waals surface area contributed by atoms with Crippen LogP contribution in [-0.2, 0) is 9.59 Å². The van der Waals surface area contributed by atoms with Gasteiger partial charge < -0.3 is 10.6 Å². The molecule has 26 heavy (non-hydrogen) atoms. The second kappa shape index (κ2) is 9.00. The van der Waals surface area contributed by atoms with E-state index in [0.717, 1.165) is 0 Å². The third-order valence-corrected chi connectivity index (χ3v) is 4.18. The van der Waals surface area contributed by atoms with E-state index < -0.39 is 18.6 Å². The summed E-state index contributed by atoms with van der Waals surface area (Å²) in [6.45, 7) is 0.642. The Balaban J connectivity index is 1.92. The van der Waals surface area contributed by atoms with Gasteiger partial charge in [-0.1, -0.05) is 18.2 Å². The van der Waals surface area contributed by atoms with Gasteiger partial charge in [-0.15, -0.1) is 0 Å². The van der Waals surface area contributed by atoms with Crippen molar-refractivity contribution in [3.05, 3.63) is 30.3 Å². The van der Waals surface area contributed by atoms with Gasteiger partial charge in [-0.3, -0.25) is 19.4 Å². The molecule has 0 radical (unpaired) electrons. The number of benzene rings is 1. The van der Waals surface area contributed by atoms with Gasteiger partial charge in [0, 0.05) is 44.8 Å². The lowest BCUT2D eigenvalue weighted by Crippen LogP contribution is -2.52. The van der Waals surface area contributed by atoms with Crippen molar-refractivity contribution in [3.63, 3.8) is 0 Å². The predicted octanol–water partition coefficient (Wildman–Crippen LogP) is 1.07. The number of amides is 2. The van der Waals surface area contributed by atoms with Crippen LogP contribution in [0.2, 0.25) is 0 Å². The van der Waals surface area contributed by atoms with Gasteiger partial charge in [0.05, 0.1) is 13.1 Å². The minimum atomic E-state index is -4.21. The van der Waals surface area contributed by atoms with Crippen LogP contribution < -0.4 is 10.6 Å². The SMILES string of the molecule is NC(=O)CCN(C(=O)CN1CCN(CC(F)(F)F)CC1)c1ccccc1. The highest BCUT2D eigenvalue weighted by Gasteiger charge is 2.32. The number of para-hydroxylation sites is 1. The van der Waals surface area contributed by atoms with Gasteiger partial charge >= 0.3 is 6.18 Å². The van der Waals surface area contributed by atoms with Gasteiger partial charge in [-0.25, -0.2) is 0 Å². The van der Waals surface area contributed by atoms with E-state index >= 15 is 0 Å². The number of hydrogen-bond acceptors (Lipinski definition) is 4. The zero-order chi connectivity index (χ0) is 19.2. The zero-order valence-corrected chi connectivity index (χ0v) is 14.4. The average Bonchev–Trinajstić information content (AvgIpc) is 2.56. The zero-order valence-electron chi connectivity index (χ0n) is 14.4. The number of anilines is 1. The molecule has 1 aromatic carbocycles. The van der Waals surface area contributed by atoms with Crippen LogP contribution in [0.3, 0.4) is 0 Å². The Morgan fingerprint density at radius 1 is 1.04 bits per heavy atom. The third-order valence-electron chi connectivity index (χ3n) is 4.18. The second-order valence-corrected chi connectivity index (χ2v) is 6.26. The molecule has 144 valence electrons. The summed E-state index contributed by atoms with van der Waals surface area (Å²) in [7, 11) is 0. The van der Waals surface area contributed by atoms with Crippen molar-refractivity contribution in [2.24, 2.45) is 5.73 Å². The smallest absolute Gasteiger partial charge is 0.370 e. The molecule has 0 aromatic heterocycles. The quantitative estimate of drug-likeness (QED) is 0.778. The van der Waals surface area contributed by atoms with E-state index in [9.17, 15) is 22.8 Å². The van der Waals surface area contributed by atoms with E-state index in [4.69, 9.17) is 5.73 Å². The summed E-state index contributed by atoms with van der Waals surface area (Å²) < 4.78 is 37.3. The molecule has 0 aliphatic carbocycles. The fourth-order valence-electron chi connectivity index (χ4n) is 2.86. The molecule has 2 N–H and O–H groups in total. The van der Waals surface area contributed by atoms with Crippen molar-refractivity contribution in [1.82, 2.24) is 9.80 Å². The highest BCUT2D eigenvalue weighted by atomic mass is 19.4. The van der Waals surface area contributed by atoms with Crippen molar-refractivity contribution >= 4 is 17.5 Å². The molecule has 1 aliphatic heterocycles. The first-order chi connectivity index (χ1) is 12.2. The molecule has 1 aliphatic rings. The summed E-state index contributed by atoms with van der Waals surface area (Å²) in [5.41, 5.74) is 5.85. The molecule has 1 saturated heterocycles. The largest absolute Gasteiger partial charge is 0.401 e. The number of halogens is 3. The van der Waals surface area contributed by atoms with Crippen LogP contribution in [-0.4, -0.2) is 73.6 Å². The first kappa shape index (κ1) is 20.2. The summed E-state index contributed by atoms with van der Waals surface area (Å²) in [4.78, 5) is 28.4. The van der Waals surface area contributed by atoms with Crippen LogP contribution in [0.25, 0.3) is 0 Å². The van der Waals surface area contributed by atoms with Crippen LogP contribution in [0.1, 0.15) is 6.42 Å². The van der Waals surface area contributed by atoms with E-state index in [1.54, 1.807) is 24.3 Å². The van der Waals surface area contributed by atoms with E-state index in [-0.39, 0.29) is 38.5 Å². The van der Waals surface area contributed by atoms with Crippen molar-refractivity contribution in [3.8, 4) is 0 Å². The molecule has 0 spiro atoms. The molecule has 0 bridgehead atoms. The molecular weight excluding hydrogens is 349 g/mol. The van der Waals surface area contributed by atoms with Crippen molar-refractivity contribution in [1.29, 1.82) is 0 Å². The van der Waals surface area contributed by atoms with Crippen LogP contribution >= 0.6 is 0 Å². The Morgan fingerprint density at radius 2 is 1.62 bits per heavy atom. The number of alkyl halides is 3. The van der Waals surface area contributed by atoms with Crippen LogP contribution in [0.15, 0.2) is 30.3 Å². The Hall–Kier alpha value is -2.13. The van der Waals surface area contributed by atoms with Gasteiger partial charge in [-0.2, -0.15) is 13.2 Å².